The number of carbonyl (C=O) groups is 1. The molecular weight excluding hydrogens is 262 g/mol. The van der Waals surface area contributed by atoms with Crippen LogP contribution in [0.4, 0.5) is 0 Å². The molecule has 0 atom stereocenters. The minimum Gasteiger partial charge on any atom is -0.491 e. The van der Waals surface area contributed by atoms with Gasteiger partial charge in [0.1, 0.15) is 5.75 Å². The van der Waals surface area contributed by atoms with Gasteiger partial charge in [-0.15, -0.1) is 0 Å². The first-order chi connectivity index (χ1) is 10.0. The van der Waals surface area contributed by atoms with E-state index < -0.39 is 0 Å². The fourth-order valence-corrected chi connectivity index (χ4v) is 1.97. The van der Waals surface area contributed by atoms with Gasteiger partial charge in [0.25, 0.3) is 5.91 Å². The second kappa shape index (κ2) is 6.93. The van der Waals surface area contributed by atoms with Crippen LogP contribution in [0.2, 0.25) is 0 Å². The molecule has 1 amide bonds. The lowest BCUT2D eigenvalue weighted by Gasteiger charge is -2.11. The molecular formula is C18H21NO2. The molecule has 0 aliphatic rings. The molecule has 2 aromatic carbocycles. The van der Waals surface area contributed by atoms with Gasteiger partial charge < -0.3 is 10.1 Å². The van der Waals surface area contributed by atoms with E-state index in [1.54, 1.807) is 12.1 Å². The van der Waals surface area contributed by atoms with Gasteiger partial charge in [-0.1, -0.05) is 35.9 Å². The largest absolute Gasteiger partial charge is 0.491 e. The molecule has 0 aromatic heterocycles. The van der Waals surface area contributed by atoms with E-state index in [-0.39, 0.29) is 12.0 Å². The van der Waals surface area contributed by atoms with Crippen LogP contribution in [0.3, 0.4) is 0 Å². The maximum absolute atomic E-state index is 12.2. The number of benzene rings is 2. The SMILES string of the molecule is Cc1ccc(CNC(=O)c2cccc(OC(C)C)c2)cc1. The summed E-state index contributed by atoms with van der Waals surface area (Å²) in [6, 6.07) is 15.4. The van der Waals surface area contributed by atoms with Gasteiger partial charge in [-0.25, -0.2) is 0 Å². The Bertz CT molecular complexity index is 603. The van der Waals surface area contributed by atoms with Gasteiger partial charge in [0.05, 0.1) is 6.10 Å². The topological polar surface area (TPSA) is 38.3 Å². The quantitative estimate of drug-likeness (QED) is 0.908. The smallest absolute Gasteiger partial charge is 0.251 e. The molecule has 110 valence electrons. The maximum Gasteiger partial charge on any atom is 0.251 e. The van der Waals surface area contributed by atoms with Gasteiger partial charge in [0.2, 0.25) is 0 Å². The summed E-state index contributed by atoms with van der Waals surface area (Å²) in [5.74, 6) is 0.623. The minimum absolute atomic E-state index is 0.0928. The number of hydrogen-bond acceptors (Lipinski definition) is 2. The Morgan fingerprint density at radius 2 is 1.86 bits per heavy atom. The van der Waals surface area contributed by atoms with Crippen LogP contribution in [-0.2, 0) is 6.54 Å². The zero-order valence-electron chi connectivity index (χ0n) is 12.7. The van der Waals surface area contributed by atoms with Gasteiger partial charge in [-0.2, -0.15) is 0 Å². The molecule has 0 heterocycles. The van der Waals surface area contributed by atoms with Crippen molar-refractivity contribution in [3.63, 3.8) is 0 Å². The van der Waals surface area contributed by atoms with E-state index >= 15 is 0 Å². The lowest BCUT2D eigenvalue weighted by Crippen LogP contribution is -2.22. The van der Waals surface area contributed by atoms with Gasteiger partial charge in [0.15, 0.2) is 0 Å². The standard InChI is InChI=1S/C18H21NO2/c1-13(2)21-17-6-4-5-16(11-17)18(20)19-12-15-9-7-14(3)8-10-15/h4-11,13H,12H2,1-3H3,(H,19,20). The van der Waals surface area contributed by atoms with Crippen LogP contribution in [0.5, 0.6) is 5.75 Å². The van der Waals surface area contributed by atoms with Gasteiger partial charge in [-0.05, 0) is 44.5 Å². The fraction of sp³-hybridized carbons (Fsp3) is 0.278. The van der Waals surface area contributed by atoms with Crippen molar-refractivity contribution in [2.75, 3.05) is 0 Å². The average molecular weight is 283 g/mol. The minimum atomic E-state index is -0.0928. The summed E-state index contributed by atoms with van der Waals surface area (Å²) in [5.41, 5.74) is 2.91. The Hall–Kier alpha value is -2.29. The monoisotopic (exact) mass is 283 g/mol. The molecule has 0 radical (unpaired) electrons. The van der Waals surface area contributed by atoms with Crippen molar-refractivity contribution < 1.29 is 9.53 Å². The third kappa shape index (κ3) is 4.63. The van der Waals surface area contributed by atoms with Crippen molar-refractivity contribution in [2.24, 2.45) is 0 Å². The predicted molar refractivity (Wildman–Crippen MR) is 84.6 cm³/mol. The number of carbonyl (C=O) groups excluding carboxylic acids is 1. The van der Waals surface area contributed by atoms with Crippen LogP contribution in [0.1, 0.15) is 35.3 Å². The molecule has 3 nitrogen and oxygen atoms in total. The third-order valence-electron chi connectivity index (χ3n) is 3.04. The summed E-state index contributed by atoms with van der Waals surface area (Å²) >= 11 is 0. The third-order valence-corrected chi connectivity index (χ3v) is 3.04. The van der Waals surface area contributed by atoms with E-state index in [9.17, 15) is 4.79 Å². The van der Waals surface area contributed by atoms with E-state index in [1.165, 1.54) is 5.56 Å². The van der Waals surface area contributed by atoms with Crippen LogP contribution in [-0.4, -0.2) is 12.0 Å². The molecule has 0 aliphatic heterocycles. The molecule has 0 fully saturated rings. The van der Waals surface area contributed by atoms with Crippen LogP contribution in [0, 0.1) is 6.92 Å². The van der Waals surface area contributed by atoms with E-state index in [1.807, 2.05) is 57.2 Å². The van der Waals surface area contributed by atoms with Crippen molar-refractivity contribution in [2.45, 2.75) is 33.4 Å². The highest BCUT2D eigenvalue weighted by atomic mass is 16.5. The summed E-state index contributed by atoms with van der Waals surface area (Å²) in [6.45, 7) is 6.49. The molecule has 21 heavy (non-hydrogen) atoms. The highest BCUT2D eigenvalue weighted by Crippen LogP contribution is 2.15. The van der Waals surface area contributed by atoms with Crippen molar-refractivity contribution >= 4 is 5.91 Å². The Morgan fingerprint density at radius 3 is 2.52 bits per heavy atom. The Kier molecular flexibility index (Phi) is 4.99. The molecule has 0 aliphatic carbocycles. The van der Waals surface area contributed by atoms with Crippen molar-refractivity contribution in [1.82, 2.24) is 5.32 Å². The molecule has 0 spiro atoms. The maximum atomic E-state index is 12.2. The van der Waals surface area contributed by atoms with Crippen LogP contribution < -0.4 is 10.1 Å². The predicted octanol–water partition coefficient (Wildman–Crippen LogP) is 3.71. The molecule has 0 saturated carbocycles. The number of rotatable bonds is 5. The zero-order chi connectivity index (χ0) is 15.2. The first kappa shape index (κ1) is 15.1. The first-order valence-electron chi connectivity index (χ1n) is 7.15. The highest BCUT2D eigenvalue weighted by molar-refractivity contribution is 5.94. The molecule has 0 saturated heterocycles. The van der Waals surface area contributed by atoms with Crippen LogP contribution >= 0.6 is 0 Å². The van der Waals surface area contributed by atoms with Crippen molar-refractivity contribution in [3.05, 3.63) is 65.2 Å². The first-order valence-corrected chi connectivity index (χ1v) is 7.15. The number of hydrogen-bond donors (Lipinski definition) is 1. The zero-order valence-corrected chi connectivity index (χ0v) is 12.7. The Balaban J connectivity index is 1.98. The molecule has 1 N–H and O–H groups in total. The number of aryl methyl sites for hydroxylation is 1. The van der Waals surface area contributed by atoms with Crippen LogP contribution in [0.25, 0.3) is 0 Å². The molecule has 3 heteroatoms. The molecule has 0 unspecified atom stereocenters. The normalized spacial score (nSPS) is 10.5. The van der Waals surface area contributed by atoms with Crippen molar-refractivity contribution in [1.29, 1.82) is 0 Å². The number of nitrogens with one attached hydrogen (secondary N) is 1. The number of amides is 1. The van der Waals surface area contributed by atoms with E-state index in [0.29, 0.717) is 17.9 Å². The average Bonchev–Trinajstić information content (AvgIpc) is 2.46. The second-order valence-electron chi connectivity index (χ2n) is 5.36. The lowest BCUT2D eigenvalue weighted by molar-refractivity contribution is 0.0950. The highest BCUT2D eigenvalue weighted by Gasteiger charge is 2.07. The lowest BCUT2D eigenvalue weighted by atomic mass is 10.1. The van der Waals surface area contributed by atoms with Crippen molar-refractivity contribution in [3.8, 4) is 5.75 Å². The summed E-state index contributed by atoms with van der Waals surface area (Å²) in [7, 11) is 0. The summed E-state index contributed by atoms with van der Waals surface area (Å²) < 4.78 is 5.60. The summed E-state index contributed by atoms with van der Waals surface area (Å²) in [6.07, 6.45) is 0.0934. The van der Waals surface area contributed by atoms with E-state index in [0.717, 1.165) is 5.56 Å². The summed E-state index contributed by atoms with van der Waals surface area (Å²) in [4.78, 5) is 12.2. The van der Waals surface area contributed by atoms with Crippen LogP contribution in [0.15, 0.2) is 48.5 Å². The Morgan fingerprint density at radius 1 is 1.14 bits per heavy atom. The summed E-state index contributed by atoms with van der Waals surface area (Å²) in [5, 5.41) is 2.92. The Labute approximate surface area is 126 Å². The number of ether oxygens (including phenoxy) is 1. The molecule has 0 bridgehead atoms. The van der Waals surface area contributed by atoms with E-state index in [2.05, 4.69) is 5.32 Å². The molecule has 2 aromatic rings. The van der Waals surface area contributed by atoms with Gasteiger partial charge in [0, 0.05) is 12.1 Å². The van der Waals surface area contributed by atoms with E-state index in [4.69, 9.17) is 4.74 Å². The second-order valence-corrected chi connectivity index (χ2v) is 5.36. The van der Waals surface area contributed by atoms with Gasteiger partial charge >= 0.3 is 0 Å². The molecule has 2 rings (SSSR count). The van der Waals surface area contributed by atoms with Gasteiger partial charge in [-0.3, -0.25) is 4.79 Å². The fourth-order valence-electron chi connectivity index (χ4n) is 1.97.